The fourth-order valence-electron chi connectivity index (χ4n) is 2.74. The van der Waals surface area contributed by atoms with Crippen molar-refractivity contribution in [3.05, 3.63) is 52.8 Å². The van der Waals surface area contributed by atoms with Crippen molar-refractivity contribution in [2.45, 2.75) is 20.8 Å². The van der Waals surface area contributed by atoms with Gasteiger partial charge in [0.25, 0.3) is 0 Å². The number of thiocarbonyl (C=S) groups is 1. The molecule has 0 aliphatic heterocycles. The second-order valence-corrected chi connectivity index (χ2v) is 6.46. The number of hydrazone groups is 1. The Morgan fingerprint density at radius 3 is 2.64 bits per heavy atom. The molecule has 28 heavy (non-hydrogen) atoms. The van der Waals surface area contributed by atoms with Crippen LogP contribution in [-0.2, 0) is 9.47 Å². The zero-order chi connectivity index (χ0) is 20.5. The molecule has 2 N–H and O–H groups in total. The van der Waals surface area contributed by atoms with Crippen molar-refractivity contribution in [3.8, 4) is 5.69 Å². The van der Waals surface area contributed by atoms with Crippen molar-refractivity contribution in [2.24, 2.45) is 5.10 Å². The quantitative estimate of drug-likeness (QED) is 0.232. The average Bonchev–Trinajstić information content (AvgIpc) is 2.96. The number of nitrogens with zero attached hydrogens (tertiary/aromatic N) is 2. The van der Waals surface area contributed by atoms with Gasteiger partial charge in [-0.1, -0.05) is 0 Å². The van der Waals surface area contributed by atoms with Gasteiger partial charge in [0.1, 0.15) is 0 Å². The molecule has 0 radical (unpaired) electrons. The summed E-state index contributed by atoms with van der Waals surface area (Å²) in [4.78, 5) is 11.8. The van der Waals surface area contributed by atoms with Crippen LogP contribution >= 0.6 is 12.2 Å². The van der Waals surface area contributed by atoms with Crippen LogP contribution in [0.25, 0.3) is 5.69 Å². The maximum absolute atomic E-state index is 11.8. The van der Waals surface area contributed by atoms with Gasteiger partial charge in [-0.25, -0.2) is 4.79 Å². The van der Waals surface area contributed by atoms with Gasteiger partial charge in [0.05, 0.1) is 25.0 Å². The molecular formula is C20H26N4O3S. The van der Waals surface area contributed by atoms with Gasteiger partial charge in [0.2, 0.25) is 0 Å². The van der Waals surface area contributed by atoms with E-state index in [1.807, 2.05) is 32.0 Å². The number of benzene rings is 1. The second kappa shape index (κ2) is 10.6. The molecule has 1 aromatic heterocycles. The van der Waals surface area contributed by atoms with Crippen molar-refractivity contribution >= 4 is 29.5 Å². The summed E-state index contributed by atoms with van der Waals surface area (Å²) >= 11 is 5.14. The lowest BCUT2D eigenvalue weighted by molar-refractivity contribution is 0.0526. The molecule has 0 unspecified atom stereocenters. The van der Waals surface area contributed by atoms with Crippen LogP contribution < -0.4 is 10.7 Å². The third kappa shape index (κ3) is 5.64. The molecule has 1 aromatic carbocycles. The largest absolute Gasteiger partial charge is 0.462 e. The van der Waals surface area contributed by atoms with Crippen molar-refractivity contribution in [3.63, 3.8) is 0 Å². The zero-order valence-electron chi connectivity index (χ0n) is 16.6. The first-order valence-corrected chi connectivity index (χ1v) is 9.41. The van der Waals surface area contributed by atoms with E-state index in [0.717, 1.165) is 22.6 Å². The molecule has 0 aliphatic carbocycles. The van der Waals surface area contributed by atoms with Gasteiger partial charge in [0, 0.05) is 36.3 Å². The molecule has 0 atom stereocenters. The van der Waals surface area contributed by atoms with Crippen LogP contribution in [-0.4, -0.2) is 48.7 Å². The minimum absolute atomic E-state index is 0.316. The molecule has 0 aliphatic rings. The Morgan fingerprint density at radius 1 is 1.29 bits per heavy atom. The Kier molecular flexibility index (Phi) is 8.16. The number of nitrogens with one attached hydrogen (secondary N) is 2. The van der Waals surface area contributed by atoms with Gasteiger partial charge in [-0.15, -0.1) is 0 Å². The number of methoxy groups -OCH3 is 1. The standard InChI is InChI=1S/C20H26N4O3S/c1-5-27-19(25)16-6-8-18(9-7-16)24-14(2)12-17(15(24)3)13-22-23-20(28)21-10-11-26-4/h6-9,12-13H,5,10-11H2,1-4H3,(H2,21,23,28)/b22-13+. The molecule has 0 fully saturated rings. The third-order valence-corrected chi connectivity index (χ3v) is 4.30. The highest BCUT2D eigenvalue weighted by Gasteiger charge is 2.11. The topological polar surface area (TPSA) is 76.9 Å². The van der Waals surface area contributed by atoms with Crippen LogP contribution in [0.1, 0.15) is 34.2 Å². The fraction of sp³-hybridized carbons (Fsp3) is 0.350. The summed E-state index contributed by atoms with van der Waals surface area (Å²) in [5.41, 5.74) is 7.36. The SMILES string of the molecule is CCOC(=O)c1ccc(-n2c(C)cc(/C=N/NC(=S)NCCOC)c2C)cc1. The molecule has 0 amide bonds. The second-order valence-electron chi connectivity index (χ2n) is 6.05. The Labute approximate surface area is 170 Å². The maximum Gasteiger partial charge on any atom is 0.338 e. The highest BCUT2D eigenvalue weighted by molar-refractivity contribution is 7.80. The third-order valence-electron chi connectivity index (χ3n) is 4.07. The fourth-order valence-corrected chi connectivity index (χ4v) is 2.90. The predicted octanol–water partition coefficient (Wildman–Crippen LogP) is 2.72. The first-order chi connectivity index (χ1) is 13.5. The number of hydrogen-bond acceptors (Lipinski definition) is 5. The summed E-state index contributed by atoms with van der Waals surface area (Å²) in [7, 11) is 1.64. The van der Waals surface area contributed by atoms with E-state index in [1.165, 1.54) is 0 Å². The number of carbonyl (C=O) groups excluding carboxylic acids is 1. The Hall–Kier alpha value is -2.71. The number of aryl methyl sites for hydroxylation is 1. The molecule has 0 saturated heterocycles. The maximum atomic E-state index is 11.8. The molecule has 2 aromatic rings. The molecule has 2 rings (SSSR count). The molecule has 7 nitrogen and oxygen atoms in total. The van der Waals surface area contributed by atoms with Crippen LogP contribution in [0.5, 0.6) is 0 Å². The Morgan fingerprint density at radius 2 is 2.00 bits per heavy atom. The number of ether oxygens (including phenoxy) is 2. The highest BCUT2D eigenvalue weighted by Crippen LogP contribution is 2.20. The first kappa shape index (κ1) is 21.6. The Balaban J connectivity index is 2.10. The molecule has 1 heterocycles. The lowest BCUT2D eigenvalue weighted by atomic mass is 10.2. The summed E-state index contributed by atoms with van der Waals surface area (Å²) in [5, 5.41) is 7.62. The molecule has 150 valence electrons. The molecule has 0 spiro atoms. The summed E-state index contributed by atoms with van der Waals surface area (Å²) in [5.74, 6) is -0.316. The molecule has 8 heteroatoms. The number of rotatable bonds is 8. The van der Waals surface area contributed by atoms with Crippen LogP contribution in [0.4, 0.5) is 0 Å². The number of aromatic nitrogens is 1. The number of carbonyl (C=O) groups is 1. The van der Waals surface area contributed by atoms with Crippen LogP contribution in [0.15, 0.2) is 35.4 Å². The van der Waals surface area contributed by atoms with E-state index < -0.39 is 0 Å². The number of esters is 1. The van der Waals surface area contributed by atoms with Gasteiger partial charge >= 0.3 is 5.97 Å². The average molecular weight is 403 g/mol. The minimum atomic E-state index is -0.316. The van der Waals surface area contributed by atoms with Crippen LogP contribution in [0.3, 0.4) is 0 Å². The molecule has 0 bridgehead atoms. The van der Waals surface area contributed by atoms with Gasteiger partial charge in [-0.3, -0.25) is 5.43 Å². The van der Waals surface area contributed by atoms with Gasteiger partial charge in [0.15, 0.2) is 5.11 Å². The van der Waals surface area contributed by atoms with Crippen LogP contribution in [0, 0.1) is 13.8 Å². The van der Waals surface area contributed by atoms with Gasteiger partial charge in [-0.05, 0) is 63.3 Å². The summed E-state index contributed by atoms with van der Waals surface area (Å²) in [6, 6.07) is 9.39. The van der Waals surface area contributed by atoms with Gasteiger partial charge in [-0.2, -0.15) is 5.10 Å². The van der Waals surface area contributed by atoms with E-state index in [4.69, 9.17) is 21.7 Å². The smallest absolute Gasteiger partial charge is 0.338 e. The normalized spacial score (nSPS) is 10.9. The van der Waals surface area contributed by atoms with Crippen LogP contribution in [0.2, 0.25) is 0 Å². The van der Waals surface area contributed by atoms with E-state index in [2.05, 4.69) is 20.4 Å². The number of hydrogen-bond donors (Lipinski definition) is 2. The lowest BCUT2D eigenvalue weighted by Gasteiger charge is -2.10. The van der Waals surface area contributed by atoms with Crippen molar-refractivity contribution < 1.29 is 14.3 Å². The van der Waals surface area contributed by atoms with Crippen molar-refractivity contribution in [2.75, 3.05) is 26.9 Å². The van der Waals surface area contributed by atoms with E-state index in [-0.39, 0.29) is 5.97 Å². The van der Waals surface area contributed by atoms with Crippen molar-refractivity contribution in [1.82, 2.24) is 15.3 Å². The minimum Gasteiger partial charge on any atom is -0.462 e. The first-order valence-electron chi connectivity index (χ1n) is 9.00. The Bertz CT molecular complexity index is 844. The van der Waals surface area contributed by atoms with E-state index in [9.17, 15) is 4.79 Å². The summed E-state index contributed by atoms with van der Waals surface area (Å²) < 4.78 is 12.1. The molecular weight excluding hydrogens is 376 g/mol. The van der Waals surface area contributed by atoms with E-state index in [1.54, 1.807) is 32.4 Å². The molecule has 0 saturated carbocycles. The monoisotopic (exact) mass is 402 g/mol. The lowest BCUT2D eigenvalue weighted by Crippen LogP contribution is -2.34. The summed E-state index contributed by atoms with van der Waals surface area (Å²) in [6.45, 7) is 7.38. The highest BCUT2D eigenvalue weighted by atomic mass is 32.1. The zero-order valence-corrected chi connectivity index (χ0v) is 17.4. The van der Waals surface area contributed by atoms with E-state index >= 15 is 0 Å². The van der Waals surface area contributed by atoms with Crippen molar-refractivity contribution in [1.29, 1.82) is 0 Å². The predicted molar refractivity (Wildman–Crippen MR) is 114 cm³/mol. The summed E-state index contributed by atoms with van der Waals surface area (Å²) in [6.07, 6.45) is 1.73. The van der Waals surface area contributed by atoms with Gasteiger partial charge < -0.3 is 19.4 Å². The van der Waals surface area contributed by atoms with E-state index in [0.29, 0.717) is 30.4 Å².